The van der Waals surface area contributed by atoms with Crippen LogP contribution in [0.4, 0.5) is 0 Å². The Labute approximate surface area is 169 Å². The summed E-state index contributed by atoms with van der Waals surface area (Å²) < 4.78 is 20.8. The number of ether oxygens (including phenoxy) is 4. The summed E-state index contributed by atoms with van der Waals surface area (Å²) in [6.45, 7) is 3.39. The van der Waals surface area contributed by atoms with Gasteiger partial charge in [0.1, 0.15) is 17.4 Å². The molecule has 29 heavy (non-hydrogen) atoms. The SMILES string of the molecule is COc1ccc(C(=O)Oc2ccc(C=C(C#N)C(=O)OC(C)C)cc2OC)cc1. The maximum Gasteiger partial charge on any atom is 0.349 e. The molecule has 0 heterocycles. The van der Waals surface area contributed by atoms with Gasteiger partial charge in [-0.05, 0) is 61.9 Å². The van der Waals surface area contributed by atoms with Crippen LogP contribution in [0.3, 0.4) is 0 Å². The number of hydrogen-bond acceptors (Lipinski definition) is 7. The van der Waals surface area contributed by atoms with Crippen LogP contribution in [0.2, 0.25) is 0 Å². The number of nitriles is 1. The number of carbonyl (C=O) groups is 2. The van der Waals surface area contributed by atoms with Gasteiger partial charge < -0.3 is 18.9 Å². The van der Waals surface area contributed by atoms with Gasteiger partial charge in [-0.2, -0.15) is 5.26 Å². The molecule has 2 aromatic carbocycles. The zero-order valence-corrected chi connectivity index (χ0v) is 16.6. The van der Waals surface area contributed by atoms with Crippen LogP contribution in [-0.2, 0) is 9.53 Å². The molecular weight excluding hydrogens is 374 g/mol. The van der Waals surface area contributed by atoms with Crippen LogP contribution in [-0.4, -0.2) is 32.3 Å². The monoisotopic (exact) mass is 395 g/mol. The van der Waals surface area contributed by atoms with E-state index in [9.17, 15) is 14.9 Å². The number of benzene rings is 2. The van der Waals surface area contributed by atoms with Gasteiger partial charge in [0.2, 0.25) is 0 Å². The van der Waals surface area contributed by atoms with Gasteiger partial charge >= 0.3 is 11.9 Å². The molecule has 0 aliphatic rings. The molecule has 0 spiro atoms. The lowest BCUT2D eigenvalue weighted by atomic mass is 10.1. The first-order valence-electron chi connectivity index (χ1n) is 8.75. The molecule has 0 amide bonds. The number of rotatable bonds is 7. The summed E-state index contributed by atoms with van der Waals surface area (Å²) in [4.78, 5) is 24.3. The number of esters is 2. The molecule has 0 unspecified atom stereocenters. The third-order valence-corrected chi connectivity index (χ3v) is 3.71. The van der Waals surface area contributed by atoms with Gasteiger partial charge in [-0.15, -0.1) is 0 Å². The van der Waals surface area contributed by atoms with Gasteiger partial charge in [0.05, 0.1) is 25.9 Å². The van der Waals surface area contributed by atoms with Crippen molar-refractivity contribution in [3.63, 3.8) is 0 Å². The van der Waals surface area contributed by atoms with E-state index in [2.05, 4.69) is 0 Å². The van der Waals surface area contributed by atoms with Crippen LogP contribution < -0.4 is 14.2 Å². The minimum Gasteiger partial charge on any atom is -0.497 e. The van der Waals surface area contributed by atoms with Crippen LogP contribution in [0.15, 0.2) is 48.0 Å². The fraction of sp³-hybridized carbons (Fsp3) is 0.227. The van der Waals surface area contributed by atoms with E-state index in [-0.39, 0.29) is 23.2 Å². The number of hydrogen-bond donors (Lipinski definition) is 0. The van der Waals surface area contributed by atoms with Crippen molar-refractivity contribution in [2.24, 2.45) is 0 Å². The summed E-state index contributed by atoms with van der Waals surface area (Å²) >= 11 is 0. The molecular formula is C22H21NO6. The quantitative estimate of drug-likeness (QED) is 0.305. The van der Waals surface area contributed by atoms with Crippen LogP contribution in [0.5, 0.6) is 17.2 Å². The zero-order chi connectivity index (χ0) is 21.4. The standard InChI is InChI=1S/C22H21NO6/c1-14(2)28-22(25)17(13-23)11-15-5-10-19(20(12-15)27-4)29-21(24)16-6-8-18(26-3)9-7-16/h5-12,14H,1-4H3. The van der Waals surface area contributed by atoms with Crippen molar-refractivity contribution in [1.29, 1.82) is 5.26 Å². The largest absolute Gasteiger partial charge is 0.497 e. The highest BCUT2D eigenvalue weighted by Crippen LogP contribution is 2.30. The molecule has 0 N–H and O–H groups in total. The molecule has 0 aliphatic heterocycles. The van der Waals surface area contributed by atoms with Gasteiger partial charge in [-0.3, -0.25) is 0 Å². The summed E-state index contributed by atoms with van der Waals surface area (Å²) in [5.74, 6) is -0.174. The van der Waals surface area contributed by atoms with Crippen molar-refractivity contribution in [2.75, 3.05) is 14.2 Å². The topological polar surface area (TPSA) is 94.9 Å². The zero-order valence-electron chi connectivity index (χ0n) is 16.6. The highest BCUT2D eigenvalue weighted by Gasteiger charge is 2.15. The normalized spacial score (nSPS) is 10.8. The van der Waals surface area contributed by atoms with Crippen molar-refractivity contribution in [3.8, 4) is 23.3 Å². The highest BCUT2D eigenvalue weighted by molar-refractivity contribution is 5.98. The van der Waals surface area contributed by atoms with Crippen LogP contribution in [0.1, 0.15) is 29.8 Å². The molecule has 0 atom stereocenters. The second kappa shape index (κ2) is 9.95. The lowest BCUT2D eigenvalue weighted by molar-refractivity contribution is -0.142. The van der Waals surface area contributed by atoms with E-state index < -0.39 is 11.9 Å². The Morgan fingerprint density at radius 2 is 1.69 bits per heavy atom. The predicted octanol–water partition coefficient (Wildman–Crippen LogP) is 3.78. The number of nitrogens with zero attached hydrogens (tertiary/aromatic N) is 1. The molecule has 7 heteroatoms. The molecule has 0 bridgehead atoms. The molecule has 0 fully saturated rings. The summed E-state index contributed by atoms with van der Waals surface area (Å²) in [7, 11) is 2.96. The summed E-state index contributed by atoms with van der Waals surface area (Å²) in [5.41, 5.74) is 0.715. The molecule has 7 nitrogen and oxygen atoms in total. The Morgan fingerprint density at radius 1 is 1.00 bits per heavy atom. The first-order chi connectivity index (χ1) is 13.9. The van der Waals surface area contributed by atoms with E-state index in [0.717, 1.165) is 0 Å². The Hall–Kier alpha value is -3.79. The molecule has 0 saturated heterocycles. The lowest BCUT2D eigenvalue weighted by Crippen LogP contribution is -2.12. The minimum absolute atomic E-state index is 0.149. The van der Waals surface area contributed by atoms with Crippen LogP contribution >= 0.6 is 0 Å². The first kappa shape index (κ1) is 21.5. The van der Waals surface area contributed by atoms with E-state index in [1.807, 2.05) is 6.07 Å². The summed E-state index contributed by atoms with van der Waals surface area (Å²) in [6.07, 6.45) is 1.04. The van der Waals surface area contributed by atoms with Gasteiger partial charge in [-0.25, -0.2) is 9.59 Å². The second-order valence-corrected chi connectivity index (χ2v) is 6.15. The maximum atomic E-state index is 12.3. The molecule has 150 valence electrons. The molecule has 2 aromatic rings. The van der Waals surface area contributed by atoms with Crippen molar-refractivity contribution >= 4 is 18.0 Å². The van der Waals surface area contributed by atoms with Crippen molar-refractivity contribution < 1.29 is 28.5 Å². The van der Waals surface area contributed by atoms with Gasteiger partial charge in [0.25, 0.3) is 0 Å². The lowest BCUT2D eigenvalue weighted by Gasteiger charge is -2.11. The van der Waals surface area contributed by atoms with E-state index >= 15 is 0 Å². The van der Waals surface area contributed by atoms with Gasteiger partial charge in [-0.1, -0.05) is 6.07 Å². The van der Waals surface area contributed by atoms with E-state index in [0.29, 0.717) is 16.9 Å². The maximum absolute atomic E-state index is 12.3. The molecule has 2 rings (SSSR count). The Morgan fingerprint density at radius 3 is 2.24 bits per heavy atom. The highest BCUT2D eigenvalue weighted by atomic mass is 16.6. The molecule has 0 radical (unpaired) electrons. The predicted molar refractivity (Wildman–Crippen MR) is 106 cm³/mol. The Balaban J connectivity index is 2.23. The molecule has 0 aliphatic carbocycles. The van der Waals surface area contributed by atoms with Gasteiger partial charge in [0, 0.05) is 0 Å². The summed E-state index contributed by atoms with van der Waals surface area (Å²) in [5, 5.41) is 9.21. The average molecular weight is 395 g/mol. The van der Waals surface area contributed by atoms with E-state index in [1.54, 1.807) is 50.2 Å². The first-order valence-corrected chi connectivity index (χ1v) is 8.75. The smallest absolute Gasteiger partial charge is 0.349 e. The van der Waals surface area contributed by atoms with E-state index in [4.69, 9.17) is 18.9 Å². The molecule has 0 saturated carbocycles. The molecule has 0 aromatic heterocycles. The third-order valence-electron chi connectivity index (χ3n) is 3.71. The van der Waals surface area contributed by atoms with Crippen molar-refractivity contribution in [2.45, 2.75) is 20.0 Å². The fourth-order valence-corrected chi connectivity index (χ4v) is 2.33. The average Bonchev–Trinajstić information content (AvgIpc) is 2.72. The van der Waals surface area contributed by atoms with Crippen LogP contribution in [0.25, 0.3) is 6.08 Å². The van der Waals surface area contributed by atoms with Crippen molar-refractivity contribution in [1.82, 2.24) is 0 Å². The van der Waals surface area contributed by atoms with Crippen molar-refractivity contribution in [3.05, 3.63) is 59.2 Å². The number of carbonyl (C=O) groups excluding carboxylic acids is 2. The van der Waals surface area contributed by atoms with Gasteiger partial charge in [0.15, 0.2) is 11.5 Å². The third kappa shape index (κ3) is 5.84. The van der Waals surface area contributed by atoms with E-state index in [1.165, 1.54) is 26.4 Å². The summed E-state index contributed by atoms with van der Waals surface area (Å²) in [6, 6.07) is 13.0. The minimum atomic E-state index is -0.712. The Bertz CT molecular complexity index is 954. The van der Waals surface area contributed by atoms with Crippen LogP contribution in [0, 0.1) is 11.3 Å². The second-order valence-electron chi connectivity index (χ2n) is 6.15. The Kier molecular flexibility index (Phi) is 7.38. The fourth-order valence-electron chi connectivity index (χ4n) is 2.33. The number of methoxy groups -OCH3 is 2.